The topological polar surface area (TPSA) is 66.5 Å². The van der Waals surface area contributed by atoms with E-state index in [0.29, 0.717) is 13.0 Å². The van der Waals surface area contributed by atoms with Crippen LogP contribution in [0.4, 0.5) is 0 Å². The molecule has 98 valence electrons. The summed E-state index contributed by atoms with van der Waals surface area (Å²) in [5, 5.41) is 3.37. The van der Waals surface area contributed by atoms with Crippen LogP contribution in [0.1, 0.15) is 19.3 Å². The molecular formula is C11H20N2O3S. The van der Waals surface area contributed by atoms with Crippen molar-refractivity contribution in [1.82, 2.24) is 10.2 Å². The molecule has 17 heavy (non-hydrogen) atoms. The van der Waals surface area contributed by atoms with E-state index in [9.17, 15) is 13.2 Å². The smallest absolute Gasteiger partial charge is 0.227 e. The van der Waals surface area contributed by atoms with Gasteiger partial charge in [-0.15, -0.1) is 0 Å². The number of carbonyl (C=O) groups excluding carboxylic acids is 1. The Morgan fingerprint density at radius 2 is 2.24 bits per heavy atom. The molecule has 5 nitrogen and oxygen atoms in total. The Balaban J connectivity index is 1.84. The van der Waals surface area contributed by atoms with Gasteiger partial charge in [-0.2, -0.15) is 0 Å². The van der Waals surface area contributed by atoms with Gasteiger partial charge in [-0.25, -0.2) is 8.42 Å². The van der Waals surface area contributed by atoms with Crippen molar-refractivity contribution >= 4 is 15.7 Å². The summed E-state index contributed by atoms with van der Waals surface area (Å²) in [6.45, 7) is 2.31. The molecule has 0 aromatic heterocycles. The summed E-state index contributed by atoms with van der Waals surface area (Å²) in [7, 11) is -2.91. The van der Waals surface area contributed by atoms with E-state index >= 15 is 0 Å². The lowest BCUT2D eigenvalue weighted by Gasteiger charge is -2.23. The highest BCUT2D eigenvalue weighted by molar-refractivity contribution is 7.90. The molecule has 1 N–H and O–H groups in total. The second kappa shape index (κ2) is 4.94. The molecule has 2 atom stereocenters. The number of rotatable bonds is 4. The van der Waals surface area contributed by atoms with Crippen molar-refractivity contribution in [2.24, 2.45) is 5.92 Å². The molecule has 0 aromatic rings. The first-order chi connectivity index (χ1) is 7.97. The van der Waals surface area contributed by atoms with E-state index in [1.165, 1.54) is 6.26 Å². The molecule has 2 fully saturated rings. The van der Waals surface area contributed by atoms with Crippen molar-refractivity contribution in [3.8, 4) is 0 Å². The van der Waals surface area contributed by atoms with Gasteiger partial charge in [0.25, 0.3) is 0 Å². The monoisotopic (exact) mass is 260 g/mol. The Hall–Kier alpha value is -0.620. The first-order valence-electron chi connectivity index (χ1n) is 6.17. The predicted molar refractivity (Wildman–Crippen MR) is 65.4 cm³/mol. The van der Waals surface area contributed by atoms with Gasteiger partial charge >= 0.3 is 0 Å². The largest absolute Gasteiger partial charge is 0.341 e. The average molecular weight is 260 g/mol. The minimum atomic E-state index is -2.91. The molecule has 0 radical (unpaired) electrons. The van der Waals surface area contributed by atoms with Crippen molar-refractivity contribution in [3.63, 3.8) is 0 Å². The molecule has 2 unspecified atom stereocenters. The van der Waals surface area contributed by atoms with E-state index in [-0.39, 0.29) is 23.6 Å². The first kappa shape index (κ1) is 12.8. The molecule has 0 aromatic carbocycles. The average Bonchev–Trinajstić information content (AvgIpc) is 2.55. The zero-order valence-electron chi connectivity index (χ0n) is 10.2. The van der Waals surface area contributed by atoms with Crippen LogP contribution in [0.3, 0.4) is 0 Å². The molecule has 6 heteroatoms. The quantitative estimate of drug-likeness (QED) is 0.749. The third-order valence-corrected chi connectivity index (χ3v) is 4.60. The van der Waals surface area contributed by atoms with Crippen LogP contribution in [0.25, 0.3) is 0 Å². The molecule has 2 saturated heterocycles. The summed E-state index contributed by atoms with van der Waals surface area (Å²) >= 11 is 0. The summed E-state index contributed by atoms with van der Waals surface area (Å²) in [5.41, 5.74) is 0. The van der Waals surface area contributed by atoms with Gasteiger partial charge in [0.05, 0.1) is 11.7 Å². The predicted octanol–water partition coefficient (Wildman–Crippen LogP) is -0.368. The van der Waals surface area contributed by atoms with Crippen molar-refractivity contribution in [2.45, 2.75) is 25.3 Å². The van der Waals surface area contributed by atoms with E-state index in [4.69, 9.17) is 0 Å². The van der Waals surface area contributed by atoms with Crippen LogP contribution in [0, 0.1) is 5.92 Å². The summed E-state index contributed by atoms with van der Waals surface area (Å²) in [4.78, 5) is 13.9. The molecular weight excluding hydrogens is 240 g/mol. The molecule has 2 aliphatic rings. The maximum atomic E-state index is 12.0. The lowest BCUT2D eigenvalue weighted by atomic mass is 9.94. The van der Waals surface area contributed by atoms with E-state index in [1.807, 2.05) is 4.90 Å². The zero-order chi connectivity index (χ0) is 12.5. The van der Waals surface area contributed by atoms with Crippen LogP contribution in [-0.4, -0.2) is 56.9 Å². The number of likely N-dealkylation sites (tertiary alicyclic amines) is 1. The summed E-state index contributed by atoms with van der Waals surface area (Å²) in [6, 6.07) is 0.287. The summed E-state index contributed by atoms with van der Waals surface area (Å²) in [6.07, 6.45) is 3.81. The number of hydrogen-bond acceptors (Lipinski definition) is 4. The van der Waals surface area contributed by atoms with Crippen LogP contribution in [0.2, 0.25) is 0 Å². The van der Waals surface area contributed by atoms with E-state index < -0.39 is 9.84 Å². The SMILES string of the molecule is CS(=O)(=O)CCCN1CC2NCCCC2C1=O. The van der Waals surface area contributed by atoms with Gasteiger partial charge in [0.15, 0.2) is 0 Å². The molecule has 0 spiro atoms. The Bertz CT molecular complexity index is 394. The molecule has 0 saturated carbocycles. The normalized spacial score (nSPS) is 29.5. The van der Waals surface area contributed by atoms with E-state index in [1.54, 1.807) is 0 Å². The van der Waals surface area contributed by atoms with Crippen LogP contribution in [-0.2, 0) is 14.6 Å². The van der Waals surface area contributed by atoms with E-state index in [2.05, 4.69) is 5.32 Å². The second-order valence-electron chi connectivity index (χ2n) is 5.08. The van der Waals surface area contributed by atoms with Crippen LogP contribution < -0.4 is 5.32 Å². The van der Waals surface area contributed by atoms with Crippen LogP contribution >= 0.6 is 0 Å². The lowest BCUT2D eigenvalue weighted by molar-refractivity contribution is -0.131. The zero-order valence-corrected chi connectivity index (χ0v) is 11.0. The summed E-state index contributed by atoms with van der Waals surface area (Å²) < 4.78 is 22.0. The number of hydrogen-bond donors (Lipinski definition) is 1. The summed E-state index contributed by atoms with van der Waals surface area (Å²) in [5.74, 6) is 0.497. The first-order valence-corrected chi connectivity index (χ1v) is 8.23. The molecule has 0 aliphatic carbocycles. The van der Waals surface area contributed by atoms with Crippen LogP contribution in [0.5, 0.6) is 0 Å². The van der Waals surface area contributed by atoms with Crippen molar-refractivity contribution < 1.29 is 13.2 Å². The molecule has 1 amide bonds. The van der Waals surface area contributed by atoms with Gasteiger partial charge in [-0.3, -0.25) is 4.79 Å². The van der Waals surface area contributed by atoms with Crippen LogP contribution in [0.15, 0.2) is 0 Å². The van der Waals surface area contributed by atoms with E-state index in [0.717, 1.165) is 25.9 Å². The van der Waals surface area contributed by atoms with Crippen molar-refractivity contribution in [1.29, 1.82) is 0 Å². The third kappa shape index (κ3) is 3.19. The highest BCUT2D eigenvalue weighted by atomic mass is 32.2. The Morgan fingerprint density at radius 1 is 1.47 bits per heavy atom. The van der Waals surface area contributed by atoms with Crippen molar-refractivity contribution in [2.75, 3.05) is 31.6 Å². The second-order valence-corrected chi connectivity index (χ2v) is 7.34. The fourth-order valence-corrected chi connectivity index (χ4v) is 3.37. The third-order valence-electron chi connectivity index (χ3n) is 3.57. The number of fused-ring (bicyclic) bond motifs is 1. The van der Waals surface area contributed by atoms with Crippen molar-refractivity contribution in [3.05, 3.63) is 0 Å². The number of nitrogens with zero attached hydrogens (tertiary/aromatic N) is 1. The minimum Gasteiger partial charge on any atom is -0.341 e. The Kier molecular flexibility index (Phi) is 3.73. The maximum Gasteiger partial charge on any atom is 0.227 e. The highest BCUT2D eigenvalue weighted by Gasteiger charge is 2.40. The number of piperidine rings is 1. The standard InChI is InChI=1S/C11H20N2O3S/c1-17(15,16)7-3-6-13-8-10-9(11(13)14)4-2-5-12-10/h9-10,12H,2-8H2,1H3. The van der Waals surface area contributed by atoms with Gasteiger partial charge in [0.1, 0.15) is 9.84 Å². The lowest BCUT2D eigenvalue weighted by Crippen LogP contribution is -2.41. The molecule has 0 bridgehead atoms. The fraction of sp³-hybridized carbons (Fsp3) is 0.909. The maximum absolute atomic E-state index is 12.0. The number of amides is 1. The number of sulfone groups is 1. The van der Waals surface area contributed by atoms with Gasteiger partial charge < -0.3 is 10.2 Å². The van der Waals surface area contributed by atoms with Gasteiger partial charge in [-0.1, -0.05) is 0 Å². The number of carbonyl (C=O) groups is 1. The minimum absolute atomic E-state index is 0.127. The van der Waals surface area contributed by atoms with Gasteiger partial charge in [-0.05, 0) is 25.8 Å². The molecule has 2 heterocycles. The molecule has 2 aliphatic heterocycles. The number of nitrogens with one attached hydrogen (secondary N) is 1. The highest BCUT2D eigenvalue weighted by Crippen LogP contribution is 2.26. The van der Waals surface area contributed by atoms with Gasteiger partial charge in [0.2, 0.25) is 5.91 Å². The fourth-order valence-electron chi connectivity index (χ4n) is 2.72. The molecule has 2 rings (SSSR count). The Morgan fingerprint density at radius 3 is 2.88 bits per heavy atom. The Labute approximate surface area is 102 Å². The van der Waals surface area contributed by atoms with Gasteiger partial charge in [0, 0.05) is 25.4 Å².